The van der Waals surface area contributed by atoms with Gasteiger partial charge in [-0.25, -0.2) is 0 Å². The molecule has 0 saturated carbocycles. The summed E-state index contributed by atoms with van der Waals surface area (Å²) in [7, 11) is 0. The van der Waals surface area contributed by atoms with Crippen molar-refractivity contribution in [2.45, 2.75) is 33.6 Å². The third-order valence-corrected chi connectivity index (χ3v) is 3.77. The van der Waals surface area contributed by atoms with E-state index < -0.39 is 0 Å². The number of carbonyl (C=O) groups is 1. The van der Waals surface area contributed by atoms with Crippen LogP contribution in [0.4, 0.5) is 0 Å². The SMILES string of the molecule is Cc1ccc(CCC(=O)NCCOc2ccc(C)cc2C)cc1. The molecule has 0 atom stereocenters. The van der Waals surface area contributed by atoms with Gasteiger partial charge in [-0.3, -0.25) is 4.79 Å². The minimum absolute atomic E-state index is 0.0646. The summed E-state index contributed by atoms with van der Waals surface area (Å²) in [6, 6.07) is 14.4. The Balaban J connectivity index is 1.65. The summed E-state index contributed by atoms with van der Waals surface area (Å²) in [5.74, 6) is 0.944. The summed E-state index contributed by atoms with van der Waals surface area (Å²) in [5.41, 5.74) is 4.77. The average Bonchev–Trinajstić information content (AvgIpc) is 2.52. The highest BCUT2D eigenvalue weighted by molar-refractivity contribution is 5.76. The Morgan fingerprint density at radius 3 is 2.39 bits per heavy atom. The predicted octanol–water partition coefficient (Wildman–Crippen LogP) is 3.74. The van der Waals surface area contributed by atoms with Crippen LogP contribution in [0.2, 0.25) is 0 Å². The first-order valence-electron chi connectivity index (χ1n) is 8.07. The molecule has 0 aromatic heterocycles. The molecule has 0 spiro atoms. The molecule has 0 radical (unpaired) electrons. The van der Waals surface area contributed by atoms with E-state index >= 15 is 0 Å². The van der Waals surface area contributed by atoms with Crippen LogP contribution in [0.5, 0.6) is 5.75 Å². The van der Waals surface area contributed by atoms with E-state index in [-0.39, 0.29) is 5.91 Å². The molecule has 0 unspecified atom stereocenters. The molecule has 23 heavy (non-hydrogen) atoms. The number of hydrogen-bond donors (Lipinski definition) is 1. The van der Waals surface area contributed by atoms with Gasteiger partial charge in [0.15, 0.2) is 0 Å². The van der Waals surface area contributed by atoms with Gasteiger partial charge < -0.3 is 10.1 Å². The number of rotatable bonds is 7. The summed E-state index contributed by atoms with van der Waals surface area (Å²) in [4.78, 5) is 11.8. The maximum atomic E-state index is 11.8. The fraction of sp³-hybridized carbons (Fsp3) is 0.350. The van der Waals surface area contributed by atoms with Crippen LogP contribution in [-0.2, 0) is 11.2 Å². The summed E-state index contributed by atoms with van der Waals surface area (Å²) in [6.07, 6.45) is 1.27. The Labute approximate surface area is 138 Å². The number of ether oxygens (including phenoxy) is 1. The van der Waals surface area contributed by atoms with E-state index in [1.54, 1.807) is 0 Å². The summed E-state index contributed by atoms with van der Waals surface area (Å²) >= 11 is 0. The van der Waals surface area contributed by atoms with Crippen molar-refractivity contribution >= 4 is 5.91 Å². The normalized spacial score (nSPS) is 10.4. The van der Waals surface area contributed by atoms with E-state index in [0.29, 0.717) is 19.6 Å². The van der Waals surface area contributed by atoms with E-state index in [2.05, 4.69) is 49.5 Å². The molecule has 0 heterocycles. The maximum Gasteiger partial charge on any atom is 0.220 e. The third kappa shape index (κ3) is 5.78. The first-order chi connectivity index (χ1) is 11.0. The number of carbonyl (C=O) groups excluding carboxylic acids is 1. The molecule has 1 amide bonds. The molecule has 0 fully saturated rings. The molecule has 3 nitrogen and oxygen atoms in total. The zero-order valence-corrected chi connectivity index (χ0v) is 14.2. The van der Waals surface area contributed by atoms with E-state index in [4.69, 9.17) is 4.74 Å². The van der Waals surface area contributed by atoms with Crippen molar-refractivity contribution in [1.29, 1.82) is 0 Å². The minimum Gasteiger partial charge on any atom is -0.491 e. The number of nitrogens with one attached hydrogen (secondary N) is 1. The van der Waals surface area contributed by atoms with Gasteiger partial charge in [0, 0.05) is 6.42 Å². The standard InChI is InChI=1S/C20H25NO2/c1-15-4-7-18(8-5-15)9-11-20(22)21-12-13-23-19-10-6-16(2)14-17(19)3/h4-8,10,14H,9,11-13H2,1-3H3,(H,21,22). The Bertz CT molecular complexity index is 647. The second-order valence-corrected chi connectivity index (χ2v) is 5.95. The summed E-state index contributed by atoms with van der Waals surface area (Å²) < 4.78 is 5.70. The second-order valence-electron chi connectivity index (χ2n) is 5.95. The van der Waals surface area contributed by atoms with Crippen molar-refractivity contribution in [3.05, 3.63) is 64.7 Å². The average molecular weight is 311 g/mol. The summed E-state index contributed by atoms with van der Waals surface area (Å²) in [5, 5.41) is 2.90. The highest BCUT2D eigenvalue weighted by atomic mass is 16.5. The number of amides is 1. The molecule has 0 aliphatic heterocycles. The van der Waals surface area contributed by atoms with Crippen molar-refractivity contribution in [2.75, 3.05) is 13.2 Å². The smallest absolute Gasteiger partial charge is 0.220 e. The monoisotopic (exact) mass is 311 g/mol. The predicted molar refractivity (Wildman–Crippen MR) is 93.9 cm³/mol. The van der Waals surface area contributed by atoms with Gasteiger partial charge >= 0.3 is 0 Å². The molecular formula is C20H25NO2. The summed E-state index contributed by atoms with van der Waals surface area (Å²) in [6.45, 7) is 7.17. The van der Waals surface area contributed by atoms with Crippen molar-refractivity contribution in [3.8, 4) is 5.75 Å². The molecule has 0 aliphatic carbocycles. The van der Waals surface area contributed by atoms with Crippen LogP contribution >= 0.6 is 0 Å². The molecular weight excluding hydrogens is 286 g/mol. The highest BCUT2D eigenvalue weighted by Gasteiger charge is 2.03. The van der Waals surface area contributed by atoms with E-state index in [0.717, 1.165) is 17.7 Å². The molecule has 2 rings (SSSR count). The first-order valence-corrected chi connectivity index (χ1v) is 8.07. The molecule has 1 N–H and O–H groups in total. The highest BCUT2D eigenvalue weighted by Crippen LogP contribution is 2.18. The lowest BCUT2D eigenvalue weighted by atomic mass is 10.1. The topological polar surface area (TPSA) is 38.3 Å². The second kappa shape index (κ2) is 8.37. The van der Waals surface area contributed by atoms with Crippen molar-refractivity contribution in [1.82, 2.24) is 5.32 Å². The third-order valence-electron chi connectivity index (χ3n) is 3.77. The lowest BCUT2D eigenvalue weighted by molar-refractivity contribution is -0.121. The van der Waals surface area contributed by atoms with Crippen molar-refractivity contribution in [2.24, 2.45) is 0 Å². The van der Waals surface area contributed by atoms with Crippen molar-refractivity contribution in [3.63, 3.8) is 0 Å². The molecule has 0 saturated heterocycles. The molecule has 2 aromatic rings. The zero-order chi connectivity index (χ0) is 16.7. The molecule has 0 bridgehead atoms. The van der Waals surface area contributed by atoms with E-state index in [1.165, 1.54) is 16.7 Å². The Hall–Kier alpha value is -2.29. The first kappa shape index (κ1) is 17.1. The Morgan fingerprint density at radius 2 is 1.70 bits per heavy atom. The molecule has 3 heteroatoms. The van der Waals surface area contributed by atoms with E-state index in [1.807, 2.05) is 19.1 Å². The van der Waals surface area contributed by atoms with Crippen LogP contribution in [0.3, 0.4) is 0 Å². The molecule has 2 aromatic carbocycles. The molecule has 122 valence electrons. The Kier molecular flexibility index (Phi) is 6.21. The van der Waals surface area contributed by atoms with Gasteiger partial charge in [-0.15, -0.1) is 0 Å². The van der Waals surface area contributed by atoms with E-state index in [9.17, 15) is 4.79 Å². The molecule has 0 aliphatic rings. The number of hydrogen-bond acceptors (Lipinski definition) is 2. The van der Waals surface area contributed by atoms with Gasteiger partial charge in [-0.05, 0) is 44.4 Å². The van der Waals surface area contributed by atoms with Gasteiger partial charge in [-0.2, -0.15) is 0 Å². The quantitative estimate of drug-likeness (QED) is 0.791. The number of benzene rings is 2. The van der Waals surface area contributed by atoms with Crippen LogP contribution in [0.25, 0.3) is 0 Å². The van der Waals surface area contributed by atoms with Gasteiger partial charge in [0.05, 0.1) is 6.54 Å². The van der Waals surface area contributed by atoms with Crippen LogP contribution in [-0.4, -0.2) is 19.1 Å². The van der Waals surface area contributed by atoms with Gasteiger partial charge in [0.2, 0.25) is 5.91 Å². The lowest BCUT2D eigenvalue weighted by Crippen LogP contribution is -2.28. The van der Waals surface area contributed by atoms with Gasteiger partial charge in [0.1, 0.15) is 12.4 Å². The lowest BCUT2D eigenvalue weighted by Gasteiger charge is -2.10. The Morgan fingerprint density at radius 1 is 1.00 bits per heavy atom. The van der Waals surface area contributed by atoms with Crippen molar-refractivity contribution < 1.29 is 9.53 Å². The fourth-order valence-electron chi connectivity index (χ4n) is 2.41. The van der Waals surface area contributed by atoms with Crippen LogP contribution in [0, 0.1) is 20.8 Å². The van der Waals surface area contributed by atoms with Crippen LogP contribution in [0.15, 0.2) is 42.5 Å². The van der Waals surface area contributed by atoms with Crippen LogP contribution in [0.1, 0.15) is 28.7 Å². The largest absolute Gasteiger partial charge is 0.491 e. The van der Waals surface area contributed by atoms with Crippen LogP contribution < -0.4 is 10.1 Å². The van der Waals surface area contributed by atoms with Gasteiger partial charge in [0.25, 0.3) is 0 Å². The zero-order valence-electron chi connectivity index (χ0n) is 14.2. The minimum atomic E-state index is 0.0646. The van der Waals surface area contributed by atoms with Gasteiger partial charge in [-0.1, -0.05) is 47.5 Å². The maximum absolute atomic E-state index is 11.8. The number of aryl methyl sites for hydroxylation is 4. The fourth-order valence-corrected chi connectivity index (χ4v) is 2.41.